The van der Waals surface area contributed by atoms with Crippen LogP contribution in [0.15, 0.2) is 41.0 Å². The minimum absolute atomic E-state index is 0.282. The molecular formula is C15H16N4O4S. The second-order valence-electron chi connectivity index (χ2n) is 4.73. The van der Waals surface area contributed by atoms with Crippen molar-refractivity contribution >= 4 is 16.9 Å². The molecule has 8 nitrogen and oxygen atoms in total. The highest BCUT2D eigenvalue weighted by Crippen LogP contribution is 2.37. The zero-order valence-corrected chi connectivity index (χ0v) is 14.2. The van der Waals surface area contributed by atoms with E-state index >= 15 is 0 Å². The Labute approximate surface area is 141 Å². The van der Waals surface area contributed by atoms with Gasteiger partial charge in [0.2, 0.25) is 11.8 Å². The molecule has 126 valence electrons. The van der Waals surface area contributed by atoms with E-state index in [1.165, 1.54) is 6.26 Å². The fraction of sp³-hybridized carbons (Fsp3) is 0.200. The van der Waals surface area contributed by atoms with Crippen LogP contribution in [0.5, 0.6) is 11.5 Å². The molecule has 9 heteroatoms. The third-order valence-electron chi connectivity index (χ3n) is 3.27. The monoisotopic (exact) mass is 348 g/mol. The molecule has 1 atom stereocenters. The number of hydrogen-bond donors (Lipinski definition) is 1. The molecule has 3 aromatic rings. The van der Waals surface area contributed by atoms with Crippen LogP contribution in [0.25, 0.3) is 17.3 Å². The Bertz CT molecular complexity index is 838. The van der Waals surface area contributed by atoms with Crippen LogP contribution in [-0.4, -0.2) is 39.4 Å². The summed E-state index contributed by atoms with van der Waals surface area (Å²) in [5.74, 6) is 2.31. The summed E-state index contributed by atoms with van der Waals surface area (Å²) in [7, 11) is 1.77. The van der Waals surface area contributed by atoms with Gasteiger partial charge in [0.15, 0.2) is 5.76 Å². The number of aromatic nitrogens is 3. The number of furan rings is 1. The summed E-state index contributed by atoms with van der Waals surface area (Å²) >= 11 is 0. The van der Waals surface area contributed by atoms with Crippen molar-refractivity contribution in [3.63, 3.8) is 0 Å². The number of methoxy groups -OCH3 is 2. The average molecular weight is 348 g/mol. The summed E-state index contributed by atoms with van der Waals surface area (Å²) < 4.78 is 32.4. The number of hydrogen-bond acceptors (Lipinski definition) is 6. The normalized spacial score (nSPS) is 12.0. The molecule has 1 aromatic carbocycles. The first-order valence-corrected chi connectivity index (χ1v) is 8.52. The molecule has 24 heavy (non-hydrogen) atoms. The Kier molecular flexibility index (Phi) is 4.52. The lowest BCUT2D eigenvalue weighted by atomic mass is 10.2. The fourth-order valence-electron chi connectivity index (χ4n) is 2.31. The van der Waals surface area contributed by atoms with Crippen molar-refractivity contribution in [2.45, 2.75) is 0 Å². The largest absolute Gasteiger partial charge is 0.494 e. The summed E-state index contributed by atoms with van der Waals surface area (Å²) in [6, 6.07) is 8.89. The lowest BCUT2D eigenvalue weighted by Gasteiger charge is -2.16. The van der Waals surface area contributed by atoms with Gasteiger partial charge in [-0.25, -0.2) is 4.21 Å². The van der Waals surface area contributed by atoms with Gasteiger partial charge >= 0.3 is 0 Å². The van der Waals surface area contributed by atoms with Gasteiger partial charge in [0.1, 0.15) is 28.2 Å². The molecule has 0 aliphatic rings. The van der Waals surface area contributed by atoms with Crippen LogP contribution in [0, 0.1) is 0 Å². The first-order chi connectivity index (χ1) is 11.7. The first kappa shape index (κ1) is 16.1. The van der Waals surface area contributed by atoms with Crippen LogP contribution in [-0.2, 0) is 11.0 Å². The summed E-state index contributed by atoms with van der Waals surface area (Å²) in [4.78, 5) is 0. The van der Waals surface area contributed by atoms with E-state index < -0.39 is 11.0 Å². The number of ether oxygens (including phenoxy) is 2. The van der Waals surface area contributed by atoms with E-state index in [-0.39, 0.29) is 5.95 Å². The summed E-state index contributed by atoms with van der Waals surface area (Å²) in [5.41, 5.74) is 0.576. The third-order valence-corrected chi connectivity index (χ3v) is 3.74. The van der Waals surface area contributed by atoms with E-state index in [1.54, 1.807) is 49.3 Å². The molecule has 0 radical (unpaired) electrons. The van der Waals surface area contributed by atoms with Crippen LogP contribution in [0.4, 0.5) is 5.95 Å². The molecule has 0 fully saturated rings. The molecule has 2 heterocycles. The molecule has 1 N–H and O–H groups in total. The number of benzene rings is 1. The van der Waals surface area contributed by atoms with Gasteiger partial charge in [-0.3, -0.25) is 9.29 Å². The predicted molar refractivity (Wildman–Crippen MR) is 89.9 cm³/mol. The maximum absolute atomic E-state index is 11.6. The number of nitrogens with zero attached hydrogens (tertiary/aromatic N) is 3. The summed E-state index contributed by atoms with van der Waals surface area (Å²) in [5, 5.41) is 8.23. The van der Waals surface area contributed by atoms with E-state index in [0.717, 1.165) is 0 Å². The van der Waals surface area contributed by atoms with Crippen molar-refractivity contribution in [3.8, 4) is 28.8 Å². The number of anilines is 1. The van der Waals surface area contributed by atoms with Gasteiger partial charge in [0.25, 0.3) is 0 Å². The number of nitrogens with one attached hydrogen (secondary N) is 1. The van der Waals surface area contributed by atoms with Gasteiger partial charge in [0, 0.05) is 6.26 Å². The van der Waals surface area contributed by atoms with Gasteiger partial charge < -0.3 is 13.9 Å². The van der Waals surface area contributed by atoms with E-state index in [1.807, 2.05) is 6.07 Å². The Hall–Kier alpha value is -2.81. The quantitative estimate of drug-likeness (QED) is 0.735. The average Bonchev–Trinajstić information content (AvgIpc) is 3.22. The Morgan fingerprint density at radius 1 is 1.12 bits per heavy atom. The van der Waals surface area contributed by atoms with Gasteiger partial charge in [-0.2, -0.15) is 0 Å². The summed E-state index contributed by atoms with van der Waals surface area (Å²) in [6.07, 6.45) is 3.05. The van der Waals surface area contributed by atoms with Crippen molar-refractivity contribution < 1.29 is 18.1 Å². The molecule has 0 saturated carbocycles. The maximum Gasteiger partial charge on any atom is 0.241 e. The van der Waals surface area contributed by atoms with Crippen molar-refractivity contribution in [1.29, 1.82) is 0 Å². The summed E-state index contributed by atoms with van der Waals surface area (Å²) in [6.45, 7) is 0. The Morgan fingerprint density at radius 3 is 2.38 bits per heavy atom. The van der Waals surface area contributed by atoms with Crippen LogP contribution in [0.2, 0.25) is 0 Å². The van der Waals surface area contributed by atoms with Crippen molar-refractivity contribution in [3.05, 3.63) is 36.6 Å². The van der Waals surface area contributed by atoms with Crippen LogP contribution < -0.4 is 14.2 Å². The molecule has 0 bridgehead atoms. The minimum atomic E-state index is -1.34. The zero-order valence-electron chi connectivity index (χ0n) is 13.3. The molecule has 2 aromatic heterocycles. The smallest absolute Gasteiger partial charge is 0.241 e. The SMILES string of the molecule is COc1cccc(OC)c1-n1c(NS(C)=O)nnc1-c1ccco1. The molecule has 3 rings (SSSR count). The van der Waals surface area contributed by atoms with Gasteiger partial charge in [-0.1, -0.05) is 6.07 Å². The van der Waals surface area contributed by atoms with Crippen LogP contribution in [0.1, 0.15) is 0 Å². The van der Waals surface area contributed by atoms with Gasteiger partial charge in [-0.05, 0) is 24.3 Å². The zero-order chi connectivity index (χ0) is 17.1. The van der Waals surface area contributed by atoms with Crippen LogP contribution in [0.3, 0.4) is 0 Å². The van der Waals surface area contributed by atoms with Crippen molar-refractivity contribution in [2.24, 2.45) is 0 Å². The standard InChI is InChI=1S/C15H16N4O4S/c1-21-10-6-4-7-11(22-2)13(10)19-14(12-8-5-9-23-12)16-17-15(19)18-24(3)20/h4-9H,1-3H3,(H,17,18). The van der Waals surface area contributed by atoms with E-state index in [4.69, 9.17) is 13.9 Å². The fourth-order valence-corrected chi connectivity index (χ4v) is 2.70. The molecule has 1 unspecified atom stereocenters. The van der Waals surface area contributed by atoms with Crippen LogP contribution >= 0.6 is 0 Å². The van der Waals surface area contributed by atoms with E-state index in [2.05, 4.69) is 14.9 Å². The molecular weight excluding hydrogens is 332 g/mol. The second kappa shape index (κ2) is 6.75. The van der Waals surface area contributed by atoms with Crippen molar-refractivity contribution in [1.82, 2.24) is 14.8 Å². The number of rotatable bonds is 6. The highest BCUT2D eigenvalue weighted by molar-refractivity contribution is 7.85. The Morgan fingerprint density at radius 2 is 1.83 bits per heavy atom. The van der Waals surface area contributed by atoms with E-state index in [9.17, 15) is 4.21 Å². The second-order valence-corrected chi connectivity index (χ2v) is 5.84. The third kappa shape index (κ3) is 2.85. The molecule has 0 aliphatic heterocycles. The predicted octanol–water partition coefficient (Wildman–Crippen LogP) is 2.25. The highest BCUT2D eigenvalue weighted by Gasteiger charge is 2.23. The topological polar surface area (TPSA) is 91.4 Å². The molecule has 0 aliphatic carbocycles. The van der Waals surface area contributed by atoms with Gasteiger partial charge in [-0.15, -0.1) is 10.2 Å². The lowest BCUT2D eigenvalue weighted by Crippen LogP contribution is -2.10. The van der Waals surface area contributed by atoms with Crippen molar-refractivity contribution in [2.75, 3.05) is 25.2 Å². The maximum atomic E-state index is 11.6. The minimum Gasteiger partial charge on any atom is -0.494 e. The lowest BCUT2D eigenvalue weighted by molar-refractivity contribution is 0.391. The molecule has 0 amide bonds. The molecule has 0 saturated heterocycles. The first-order valence-electron chi connectivity index (χ1n) is 6.96. The molecule has 0 spiro atoms. The van der Waals surface area contributed by atoms with E-state index in [0.29, 0.717) is 28.8 Å². The highest BCUT2D eigenvalue weighted by atomic mass is 32.2. The number of para-hydroxylation sites is 1. The Balaban J connectivity index is 2.30. The van der Waals surface area contributed by atoms with Gasteiger partial charge in [0.05, 0.1) is 20.5 Å².